The first kappa shape index (κ1) is 20.7. The molecule has 0 unspecified atom stereocenters. The second-order valence-electron chi connectivity index (χ2n) is 7.37. The van der Waals surface area contributed by atoms with E-state index in [1.165, 1.54) is 0 Å². The Morgan fingerprint density at radius 1 is 1.00 bits per heavy atom. The molecule has 0 aliphatic heterocycles. The summed E-state index contributed by atoms with van der Waals surface area (Å²) in [5, 5.41) is 10.5. The van der Waals surface area contributed by atoms with Gasteiger partial charge in [-0.3, -0.25) is 4.79 Å². The highest BCUT2D eigenvalue weighted by Crippen LogP contribution is 2.33. The number of phenols is 1. The van der Waals surface area contributed by atoms with Crippen molar-refractivity contribution in [2.75, 3.05) is 6.61 Å². The normalized spacial score (nSPS) is 11.1. The lowest BCUT2D eigenvalue weighted by Gasteiger charge is -2.16. The molecule has 4 nitrogen and oxygen atoms in total. The largest absolute Gasteiger partial charge is 0.507 e. The Labute approximate surface area is 161 Å². The fraction of sp³-hybridized carbons (Fsp3) is 0.391. The van der Waals surface area contributed by atoms with Gasteiger partial charge in [0.2, 0.25) is 0 Å². The Morgan fingerprint density at radius 3 is 2.15 bits per heavy atom. The number of Topliss-reactive ketones (excluding diaryl/α,β-unsaturated/α-hetero) is 1. The number of rotatable bonds is 7. The molecule has 2 aromatic rings. The summed E-state index contributed by atoms with van der Waals surface area (Å²) in [7, 11) is 0. The zero-order chi connectivity index (χ0) is 20.1. The molecule has 0 aromatic heterocycles. The molecule has 2 rings (SSSR count). The highest BCUT2D eigenvalue weighted by Gasteiger charge is 2.21. The Hall–Kier alpha value is -2.62. The van der Waals surface area contributed by atoms with Gasteiger partial charge in [-0.1, -0.05) is 65.0 Å². The first-order valence-electron chi connectivity index (χ1n) is 9.40. The molecule has 144 valence electrons. The van der Waals surface area contributed by atoms with Crippen LogP contribution in [0, 0.1) is 0 Å². The van der Waals surface area contributed by atoms with E-state index in [2.05, 4.69) is 0 Å². The number of carbonyl (C=O) groups excluding carboxylic acids is 2. The van der Waals surface area contributed by atoms with Gasteiger partial charge in [-0.25, -0.2) is 4.79 Å². The molecule has 0 saturated heterocycles. The zero-order valence-electron chi connectivity index (χ0n) is 16.7. The molecule has 0 aliphatic rings. The molecular weight excluding hydrogens is 340 g/mol. The Morgan fingerprint density at radius 2 is 1.63 bits per heavy atom. The first-order valence-corrected chi connectivity index (χ1v) is 9.40. The number of esters is 1. The molecule has 0 aliphatic carbocycles. The van der Waals surface area contributed by atoms with Crippen molar-refractivity contribution in [3.8, 4) is 5.75 Å². The van der Waals surface area contributed by atoms with Crippen molar-refractivity contribution in [1.82, 2.24) is 0 Å². The third-order valence-corrected chi connectivity index (χ3v) is 4.69. The van der Waals surface area contributed by atoms with Gasteiger partial charge >= 0.3 is 5.97 Å². The number of hydrogen-bond donors (Lipinski definition) is 1. The van der Waals surface area contributed by atoms with E-state index < -0.39 is 5.97 Å². The van der Waals surface area contributed by atoms with Crippen molar-refractivity contribution in [3.63, 3.8) is 0 Å². The average molecular weight is 368 g/mol. The summed E-state index contributed by atoms with van der Waals surface area (Å²) in [4.78, 5) is 24.8. The number of aromatic hydroxyl groups is 1. The van der Waals surface area contributed by atoms with Crippen LogP contribution in [0.5, 0.6) is 5.75 Å². The third kappa shape index (κ3) is 4.97. The van der Waals surface area contributed by atoms with Crippen LogP contribution < -0.4 is 0 Å². The lowest BCUT2D eigenvalue weighted by Crippen LogP contribution is -2.15. The summed E-state index contributed by atoms with van der Waals surface area (Å²) < 4.78 is 5.20. The van der Waals surface area contributed by atoms with Crippen molar-refractivity contribution in [2.45, 2.75) is 52.9 Å². The highest BCUT2D eigenvalue weighted by molar-refractivity contribution is 6.00. The van der Waals surface area contributed by atoms with Crippen LogP contribution in [0.3, 0.4) is 0 Å². The summed E-state index contributed by atoms with van der Waals surface area (Å²) in [5.74, 6) is -0.758. The van der Waals surface area contributed by atoms with Crippen LogP contribution in [-0.4, -0.2) is 23.5 Å². The van der Waals surface area contributed by atoms with Gasteiger partial charge in [0, 0.05) is 5.56 Å². The summed E-state index contributed by atoms with van der Waals surface area (Å²) in [6.45, 7) is 9.65. The SMILES string of the molecule is CCc1ccc(C(=O)COC(=O)c2cc(C(C)C)cc(C(C)C)c2O)cc1. The van der Waals surface area contributed by atoms with E-state index in [1.54, 1.807) is 18.2 Å². The molecular formula is C23H28O4. The molecule has 4 heteroatoms. The van der Waals surface area contributed by atoms with Gasteiger partial charge in [0.15, 0.2) is 12.4 Å². The Balaban J connectivity index is 2.18. The Bertz CT molecular complexity index is 817. The average Bonchev–Trinajstić information content (AvgIpc) is 2.65. The van der Waals surface area contributed by atoms with Crippen LogP contribution in [-0.2, 0) is 11.2 Å². The minimum atomic E-state index is -0.685. The smallest absolute Gasteiger partial charge is 0.342 e. The van der Waals surface area contributed by atoms with E-state index in [0.29, 0.717) is 11.1 Å². The maximum atomic E-state index is 12.5. The van der Waals surface area contributed by atoms with Gasteiger partial charge in [0.1, 0.15) is 11.3 Å². The maximum absolute atomic E-state index is 12.5. The predicted molar refractivity (Wildman–Crippen MR) is 107 cm³/mol. The lowest BCUT2D eigenvalue weighted by atomic mass is 9.92. The van der Waals surface area contributed by atoms with Gasteiger partial charge in [-0.2, -0.15) is 0 Å². The maximum Gasteiger partial charge on any atom is 0.342 e. The predicted octanol–water partition coefficient (Wildman–Crippen LogP) is 5.24. The molecule has 0 amide bonds. The molecule has 1 N–H and O–H groups in total. The van der Waals surface area contributed by atoms with Crippen molar-refractivity contribution < 1.29 is 19.4 Å². The molecule has 0 heterocycles. The van der Waals surface area contributed by atoms with Crippen LogP contribution in [0.4, 0.5) is 0 Å². The second kappa shape index (κ2) is 8.85. The van der Waals surface area contributed by atoms with Crippen LogP contribution in [0.1, 0.15) is 83.9 Å². The van der Waals surface area contributed by atoms with E-state index in [1.807, 2.05) is 52.8 Å². The van der Waals surface area contributed by atoms with E-state index >= 15 is 0 Å². The van der Waals surface area contributed by atoms with E-state index in [-0.39, 0.29) is 35.5 Å². The highest BCUT2D eigenvalue weighted by atomic mass is 16.5. The molecule has 0 radical (unpaired) electrons. The molecule has 0 bridgehead atoms. The number of aryl methyl sites for hydroxylation is 1. The van der Waals surface area contributed by atoms with Crippen molar-refractivity contribution in [3.05, 3.63) is 64.2 Å². The van der Waals surface area contributed by atoms with E-state index in [9.17, 15) is 14.7 Å². The second-order valence-corrected chi connectivity index (χ2v) is 7.37. The summed E-state index contributed by atoms with van der Waals surface area (Å²) >= 11 is 0. The van der Waals surface area contributed by atoms with Gasteiger partial charge in [0.05, 0.1) is 0 Å². The quantitative estimate of drug-likeness (QED) is 0.536. The molecule has 0 saturated carbocycles. The number of carbonyl (C=O) groups is 2. The first-order chi connectivity index (χ1) is 12.7. The lowest BCUT2D eigenvalue weighted by molar-refractivity contribution is 0.0471. The summed E-state index contributed by atoms with van der Waals surface area (Å²) in [5.41, 5.74) is 3.40. The van der Waals surface area contributed by atoms with Gasteiger partial charge < -0.3 is 9.84 Å². The number of benzene rings is 2. The summed E-state index contributed by atoms with van der Waals surface area (Å²) in [6, 6.07) is 10.8. The third-order valence-electron chi connectivity index (χ3n) is 4.69. The Kier molecular flexibility index (Phi) is 6.78. The molecule has 0 fully saturated rings. The van der Waals surface area contributed by atoms with Gasteiger partial charge in [-0.15, -0.1) is 0 Å². The number of phenolic OH excluding ortho intramolecular Hbond substituents is 1. The van der Waals surface area contributed by atoms with Crippen LogP contribution >= 0.6 is 0 Å². The summed E-state index contributed by atoms with van der Waals surface area (Å²) in [6.07, 6.45) is 0.896. The van der Waals surface area contributed by atoms with Crippen molar-refractivity contribution >= 4 is 11.8 Å². The molecule has 27 heavy (non-hydrogen) atoms. The fourth-order valence-electron chi connectivity index (χ4n) is 2.83. The molecule has 0 spiro atoms. The molecule has 0 atom stereocenters. The van der Waals surface area contributed by atoms with Crippen LogP contribution in [0.25, 0.3) is 0 Å². The molecule has 2 aromatic carbocycles. The van der Waals surface area contributed by atoms with Gasteiger partial charge in [0.25, 0.3) is 0 Å². The van der Waals surface area contributed by atoms with Crippen LogP contribution in [0.2, 0.25) is 0 Å². The number of hydrogen-bond acceptors (Lipinski definition) is 4. The topological polar surface area (TPSA) is 63.6 Å². The monoisotopic (exact) mass is 368 g/mol. The minimum absolute atomic E-state index is 0.0639. The number of ketones is 1. The fourth-order valence-corrected chi connectivity index (χ4v) is 2.83. The minimum Gasteiger partial charge on any atom is -0.507 e. The number of ether oxygens (including phenoxy) is 1. The van der Waals surface area contributed by atoms with Crippen molar-refractivity contribution in [1.29, 1.82) is 0 Å². The van der Waals surface area contributed by atoms with E-state index in [0.717, 1.165) is 17.5 Å². The van der Waals surface area contributed by atoms with Crippen LogP contribution in [0.15, 0.2) is 36.4 Å². The zero-order valence-corrected chi connectivity index (χ0v) is 16.7. The van der Waals surface area contributed by atoms with Crippen molar-refractivity contribution in [2.24, 2.45) is 0 Å². The van der Waals surface area contributed by atoms with E-state index in [4.69, 9.17) is 4.74 Å². The standard InChI is InChI=1S/C23H28O4/c1-6-16-7-9-17(10-8-16)21(24)13-27-23(26)20-12-18(14(2)3)11-19(15(4)5)22(20)25/h7-12,14-15,25H,6,13H2,1-5H3. The van der Waals surface area contributed by atoms with Gasteiger partial charge in [-0.05, 0) is 41.0 Å².